The quantitative estimate of drug-likeness (QED) is 0.268. The highest BCUT2D eigenvalue weighted by Gasteiger charge is 2.57. The highest BCUT2D eigenvalue weighted by Crippen LogP contribution is 2.58. The molecular formula is C36H56O8. The van der Waals surface area contributed by atoms with Gasteiger partial charge in [-0.15, -0.1) is 0 Å². The van der Waals surface area contributed by atoms with Crippen LogP contribution in [0.15, 0.2) is 24.3 Å². The first-order valence-electron chi connectivity index (χ1n) is 16.2. The van der Waals surface area contributed by atoms with E-state index in [1.54, 1.807) is 14.2 Å². The van der Waals surface area contributed by atoms with Crippen molar-refractivity contribution in [2.45, 2.75) is 118 Å². The van der Waals surface area contributed by atoms with Gasteiger partial charge in [0.1, 0.15) is 0 Å². The number of carbonyl (C=O) groups is 4. The van der Waals surface area contributed by atoms with Gasteiger partial charge >= 0.3 is 11.9 Å². The molecule has 4 saturated carbocycles. The third-order valence-electron chi connectivity index (χ3n) is 11.1. The average molecular weight is 617 g/mol. The first-order valence-corrected chi connectivity index (χ1v) is 16.2. The number of rotatable bonds is 4. The van der Waals surface area contributed by atoms with Crippen LogP contribution < -0.4 is 0 Å². The summed E-state index contributed by atoms with van der Waals surface area (Å²) >= 11 is 0. The Balaban J connectivity index is 0.000000240. The Morgan fingerprint density at radius 1 is 0.682 bits per heavy atom. The lowest BCUT2D eigenvalue weighted by Crippen LogP contribution is -2.55. The van der Waals surface area contributed by atoms with E-state index in [9.17, 15) is 19.2 Å². The van der Waals surface area contributed by atoms with E-state index >= 15 is 0 Å². The number of allylic oxidation sites excluding steroid dienone is 2. The van der Waals surface area contributed by atoms with Gasteiger partial charge in [0.2, 0.25) is 0 Å². The Hall–Kier alpha value is -2.32. The van der Waals surface area contributed by atoms with Crippen LogP contribution >= 0.6 is 0 Å². The van der Waals surface area contributed by atoms with Crippen molar-refractivity contribution in [1.29, 1.82) is 0 Å². The molecular weight excluding hydrogens is 560 g/mol. The van der Waals surface area contributed by atoms with E-state index in [0.717, 1.165) is 49.7 Å². The van der Waals surface area contributed by atoms with Crippen LogP contribution in [0.3, 0.4) is 0 Å². The fraction of sp³-hybridized carbons (Fsp3) is 0.778. The van der Waals surface area contributed by atoms with Gasteiger partial charge in [-0.2, -0.15) is 0 Å². The van der Waals surface area contributed by atoms with Crippen molar-refractivity contribution in [3.8, 4) is 0 Å². The Kier molecular flexibility index (Phi) is 11.5. The highest BCUT2D eigenvalue weighted by molar-refractivity contribution is 5.89. The van der Waals surface area contributed by atoms with Crippen molar-refractivity contribution in [2.24, 2.45) is 46.3 Å². The zero-order valence-electron chi connectivity index (χ0n) is 28.7. The molecule has 0 bridgehead atoms. The number of fused-ring (bicyclic) bond motifs is 2. The maximum atomic E-state index is 13.0. The molecule has 0 radical (unpaired) electrons. The third kappa shape index (κ3) is 7.38. The maximum Gasteiger partial charge on any atom is 0.303 e. The molecule has 4 rings (SSSR count). The number of Topliss-reactive ketones (excluding diaryl/α,β-unsaturated/α-hetero) is 2. The van der Waals surface area contributed by atoms with Crippen LogP contribution in [0.25, 0.3) is 0 Å². The molecule has 0 aromatic rings. The van der Waals surface area contributed by atoms with Crippen molar-refractivity contribution >= 4 is 23.5 Å². The van der Waals surface area contributed by atoms with Crippen LogP contribution in [0.4, 0.5) is 0 Å². The summed E-state index contributed by atoms with van der Waals surface area (Å²) in [5.74, 6) is -0.827. The van der Waals surface area contributed by atoms with Crippen LogP contribution in [-0.2, 0) is 38.1 Å². The summed E-state index contributed by atoms with van der Waals surface area (Å²) in [4.78, 5) is 49.0. The predicted octanol–water partition coefficient (Wildman–Crippen LogP) is 6.30. The lowest BCUT2D eigenvalue weighted by Gasteiger charge is -2.54. The number of ether oxygens (including phenoxy) is 4. The van der Waals surface area contributed by atoms with Gasteiger partial charge in [-0.3, -0.25) is 19.2 Å². The molecule has 8 nitrogen and oxygen atoms in total. The summed E-state index contributed by atoms with van der Waals surface area (Å²) in [6.45, 7) is 23.5. The normalized spacial score (nSPS) is 38.1. The molecule has 44 heavy (non-hydrogen) atoms. The van der Waals surface area contributed by atoms with Crippen LogP contribution in [0.1, 0.15) is 93.9 Å². The molecule has 0 aromatic carbocycles. The average Bonchev–Trinajstić information content (AvgIpc) is 2.97. The van der Waals surface area contributed by atoms with E-state index in [1.165, 1.54) is 13.8 Å². The second-order valence-corrected chi connectivity index (χ2v) is 15.0. The van der Waals surface area contributed by atoms with Crippen LogP contribution in [0, 0.1) is 46.3 Å². The summed E-state index contributed by atoms with van der Waals surface area (Å²) < 4.78 is 22.0. The van der Waals surface area contributed by atoms with Gasteiger partial charge in [0, 0.05) is 51.7 Å². The van der Waals surface area contributed by atoms with Gasteiger partial charge in [0.25, 0.3) is 0 Å². The third-order valence-corrected chi connectivity index (χ3v) is 11.1. The Labute approximate surface area is 264 Å². The van der Waals surface area contributed by atoms with Gasteiger partial charge in [-0.05, 0) is 61.2 Å². The minimum absolute atomic E-state index is 0.0143. The molecule has 0 aliphatic heterocycles. The molecule has 10 atom stereocenters. The van der Waals surface area contributed by atoms with Crippen LogP contribution in [0.5, 0.6) is 0 Å². The van der Waals surface area contributed by atoms with Gasteiger partial charge in [0.15, 0.2) is 23.8 Å². The van der Waals surface area contributed by atoms with E-state index < -0.39 is 24.1 Å². The number of esters is 2. The summed E-state index contributed by atoms with van der Waals surface area (Å²) in [5, 5.41) is 0. The lowest BCUT2D eigenvalue weighted by molar-refractivity contribution is -0.172. The minimum Gasteiger partial charge on any atom is -0.454 e. The molecule has 0 heterocycles. The molecule has 0 spiro atoms. The smallest absolute Gasteiger partial charge is 0.303 e. The second kappa shape index (κ2) is 14.0. The van der Waals surface area contributed by atoms with Crippen molar-refractivity contribution < 1.29 is 38.1 Å². The van der Waals surface area contributed by atoms with Gasteiger partial charge in [-0.1, -0.05) is 65.8 Å². The minimum atomic E-state index is -0.686. The topological polar surface area (TPSA) is 105 Å². The fourth-order valence-electron chi connectivity index (χ4n) is 8.50. The van der Waals surface area contributed by atoms with E-state index in [1.807, 2.05) is 13.8 Å². The number of carbonyl (C=O) groups excluding carboxylic acids is 4. The van der Waals surface area contributed by atoms with E-state index in [0.29, 0.717) is 0 Å². The van der Waals surface area contributed by atoms with Crippen molar-refractivity contribution in [2.75, 3.05) is 14.2 Å². The largest absolute Gasteiger partial charge is 0.454 e. The first kappa shape index (κ1) is 36.2. The fourth-order valence-corrected chi connectivity index (χ4v) is 8.50. The Morgan fingerprint density at radius 2 is 1.00 bits per heavy atom. The number of methoxy groups -OCH3 is 2. The molecule has 0 N–H and O–H groups in total. The van der Waals surface area contributed by atoms with Gasteiger partial charge in [-0.25, -0.2) is 0 Å². The Morgan fingerprint density at radius 3 is 1.25 bits per heavy atom. The molecule has 0 aromatic heterocycles. The molecule has 4 fully saturated rings. The van der Waals surface area contributed by atoms with E-state index in [-0.39, 0.29) is 70.1 Å². The summed E-state index contributed by atoms with van der Waals surface area (Å²) in [6, 6.07) is 0. The summed E-state index contributed by atoms with van der Waals surface area (Å²) in [6.07, 6.45) is 3.62. The van der Waals surface area contributed by atoms with Crippen LogP contribution in [0.2, 0.25) is 0 Å². The first-order chi connectivity index (χ1) is 20.4. The molecule has 4 aliphatic carbocycles. The number of hydrogen-bond donors (Lipinski definition) is 0. The highest BCUT2D eigenvalue weighted by atomic mass is 16.6. The number of hydrogen-bond acceptors (Lipinski definition) is 8. The standard InChI is InChI=1S/2C18H28O4/c2*1-10-7-8-14(21-6)11(2)16(20)17(22-12(3)19)15-13(10)9-18(15,4)5/h2*11,13-15,17H,1,7-9H2,2-6H3/t2*11-,13+,14-,15-,17+/m00/s1. The molecule has 0 amide bonds. The molecule has 0 saturated heterocycles. The Bertz CT molecular complexity index is 1050. The maximum absolute atomic E-state index is 13.0. The monoisotopic (exact) mass is 616 g/mol. The predicted molar refractivity (Wildman–Crippen MR) is 169 cm³/mol. The lowest BCUT2D eigenvalue weighted by atomic mass is 9.51. The van der Waals surface area contributed by atoms with Gasteiger partial charge < -0.3 is 18.9 Å². The molecule has 0 unspecified atom stereocenters. The van der Waals surface area contributed by atoms with Crippen molar-refractivity contribution in [3.05, 3.63) is 24.3 Å². The van der Waals surface area contributed by atoms with Crippen molar-refractivity contribution in [3.63, 3.8) is 0 Å². The van der Waals surface area contributed by atoms with Crippen molar-refractivity contribution in [1.82, 2.24) is 0 Å². The zero-order chi connectivity index (χ0) is 33.3. The molecule has 4 aliphatic rings. The SMILES string of the molecule is C=C1CC[C@H](OC)[C@H](C)C(=O)[C@H](OC(C)=O)[C@@H]2[C@@H]1CC2(C)C.C=C1CC[C@H](OC)[C@H](C)C(=O)[C@H](OC(C)=O)[C@@H]2[C@@H]1CC2(C)C. The van der Waals surface area contributed by atoms with E-state index in [2.05, 4.69) is 40.9 Å². The van der Waals surface area contributed by atoms with Crippen LogP contribution in [-0.4, -0.2) is 62.1 Å². The zero-order valence-corrected chi connectivity index (χ0v) is 28.7. The van der Waals surface area contributed by atoms with Gasteiger partial charge in [0.05, 0.1) is 12.2 Å². The second-order valence-electron chi connectivity index (χ2n) is 15.0. The molecule has 248 valence electrons. The van der Waals surface area contributed by atoms with E-state index in [4.69, 9.17) is 18.9 Å². The summed E-state index contributed by atoms with van der Waals surface area (Å²) in [7, 11) is 3.27. The summed E-state index contributed by atoms with van der Waals surface area (Å²) in [5.41, 5.74) is 2.28. The number of ketones is 2. The molecule has 8 heteroatoms.